The fraction of sp³-hybridized carbons (Fsp3) is 0.538. The van der Waals surface area contributed by atoms with Gasteiger partial charge in [-0.25, -0.2) is 0 Å². The molecule has 2 rings (SSSR count). The first-order chi connectivity index (χ1) is 9.85. The highest BCUT2D eigenvalue weighted by molar-refractivity contribution is 7.86. The van der Waals surface area contributed by atoms with Gasteiger partial charge < -0.3 is 19.7 Å². The van der Waals surface area contributed by atoms with Crippen molar-refractivity contribution in [2.45, 2.75) is 36.4 Å². The van der Waals surface area contributed by atoms with Crippen molar-refractivity contribution in [3.63, 3.8) is 0 Å². The Balaban J connectivity index is 2.01. The molecule has 2 N–H and O–H groups in total. The molecule has 7 nitrogen and oxygen atoms in total. The number of hydrogen-bond donors (Lipinski definition) is 2. The van der Waals surface area contributed by atoms with Gasteiger partial charge in [-0.05, 0) is 19.1 Å². The van der Waals surface area contributed by atoms with E-state index >= 15 is 0 Å². The van der Waals surface area contributed by atoms with Gasteiger partial charge in [0, 0.05) is 7.11 Å². The SMILES string of the molecule is CO[C@@H]1O[C@@H](COS(=O)(=O)c2ccc(C)cc2)[C@H](O)[C@H]1O. The van der Waals surface area contributed by atoms with Crippen LogP contribution < -0.4 is 0 Å². The van der Waals surface area contributed by atoms with Gasteiger partial charge in [0.25, 0.3) is 10.1 Å². The van der Waals surface area contributed by atoms with Gasteiger partial charge in [-0.15, -0.1) is 0 Å². The summed E-state index contributed by atoms with van der Waals surface area (Å²) >= 11 is 0. The van der Waals surface area contributed by atoms with Crippen LogP contribution in [0, 0.1) is 6.92 Å². The van der Waals surface area contributed by atoms with Crippen molar-refractivity contribution in [2.24, 2.45) is 0 Å². The van der Waals surface area contributed by atoms with Crippen molar-refractivity contribution in [3.8, 4) is 0 Å². The largest absolute Gasteiger partial charge is 0.387 e. The molecule has 0 radical (unpaired) electrons. The molecule has 0 amide bonds. The second kappa shape index (κ2) is 6.39. The molecule has 1 aromatic carbocycles. The Hall–Kier alpha value is -1.03. The van der Waals surface area contributed by atoms with Gasteiger partial charge in [-0.2, -0.15) is 8.42 Å². The third-order valence-corrected chi connectivity index (χ3v) is 4.54. The maximum absolute atomic E-state index is 12.0. The molecule has 0 aliphatic carbocycles. The van der Waals surface area contributed by atoms with E-state index in [1.807, 2.05) is 6.92 Å². The summed E-state index contributed by atoms with van der Waals surface area (Å²) in [5.41, 5.74) is 0.926. The minimum Gasteiger partial charge on any atom is -0.387 e. The Bertz CT molecular complexity index is 569. The smallest absolute Gasteiger partial charge is 0.297 e. The van der Waals surface area contributed by atoms with Crippen LogP contribution in [0.2, 0.25) is 0 Å². The lowest BCUT2D eigenvalue weighted by molar-refractivity contribution is -0.151. The molecule has 1 saturated heterocycles. The summed E-state index contributed by atoms with van der Waals surface area (Å²) in [5, 5.41) is 19.3. The Morgan fingerprint density at radius 3 is 2.33 bits per heavy atom. The van der Waals surface area contributed by atoms with Crippen LogP contribution in [0.25, 0.3) is 0 Å². The van der Waals surface area contributed by atoms with E-state index in [0.29, 0.717) is 0 Å². The van der Waals surface area contributed by atoms with Crippen molar-refractivity contribution in [3.05, 3.63) is 29.8 Å². The average Bonchev–Trinajstić information content (AvgIpc) is 2.73. The van der Waals surface area contributed by atoms with Crippen molar-refractivity contribution in [1.29, 1.82) is 0 Å². The molecule has 118 valence electrons. The molecule has 0 unspecified atom stereocenters. The molecule has 21 heavy (non-hydrogen) atoms. The molecule has 1 aliphatic heterocycles. The predicted molar refractivity (Wildman–Crippen MR) is 72.0 cm³/mol. The number of aryl methyl sites for hydroxylation is 1. The molecule has 1 fully saturated rings. The quantitative estimate of drug-likeness (QED) is 0.724. The Morgan fingerprint density at radius 2 is 1.81 bits per heavy atom. The zero-order chi connectivity index (χ0) is 15.6. The monoisotopic (exact) mass is 318 g/mol. The van der Waals surface area contributed by atoms with E-state index in [1.165, 1.54) is 19.2 Å². The van der Waals surface area contributed by atoms with Crippen molar-refractivity contribution in [2.75, 3.05) is 13.7 Å². The minimum atomic E-state index is -3.94. The lowest BCUT2D eigenvalue weighted by Gasteiger charge is -2.14. The molecule has 1 aliphatic rings. The Labute approximate surface area is 123 Å². The highest BCUT2D eigenvalue weighted by Gasteiger charge is 2.43. The number of aliphatic hydroxyl groups excluding tert-OH is 2. The molecule has 1 heterocycles. The van der Waals surface area contributed by atoms with E-state index in [4.69, 9.17) is 13.7 Å². The summed E-state index contributed by atoms with van der Waals surface area (Å²) in [5.74, 6) is 0. The molecule has 8 heteroatoms. The maximum atomic E-state index is 12.0. The zero-order valence-corrected chi connectivity index (χ0v) is 12.5. The molecule has 0 bridgehead atoms. The molecule has 0 aromatic heterocycles. The lowest BCUT2D eigenvalue weighted by Crippen LogP contribution is -2.35. The standard InChI is InChI=1S/C13H18O7S/c1-8-3-5-9(6-4-8)21(16,17)19-7-10-11(14)12(15)13(18-2)20-10/h3-6,10-15H,7H2,1-2H3/t10-,11-,12+,13+/m0/s1. The number of benzene rings is 1. The summed E-state index contributed by atoms with van der Waals surface area (Å²) in [4.78, 5) is 0.0180. The van der Waals surface area contributed by atoms with E-state index in [9.17, 15) is 18.6 Å². The van der Waals surface area contributed by atoms with Gasteiger partial charge in [0.1, 0.15) is 18.3 Å². The van der Waals surface area contributed by atoms with Gasteiger partial charge in [0.2, 0.25) is 0 Å². The zero-order valence-electron chi connectivity index (χ0n) is 11.7. The van der Waals surface area contributed by atoms with Crippen LogP contribution in [-0.2, 0) is 23.8 Å². The van der Waals surface area contributed by atoms with Gasteiger partial charge in [-0.1, -0.05) is 17.7 Å². The van der Waals surface area contributed by atoms with Crippen molar-refractivity contribution >= 4 is 10.1 Å². The predicted octanol–water partition coefficient (Wildman–Crippen LogP) is -0.207. The third kappa shape index (κ3) is 3.60. The first-order valence-corrected chi connectivity index (χ1v) is 7.76. The number of ether oxygens (including phenoxy) is 2. The molecule has 0 spiro atoms. The van der Waals surface area contributed by atoms with Crippen LogP contribution in [-0.4, -0.2) is 56.9 Å². The summed E-state index contributed by atoms with van der Waals surface area (Å²) in [7, 11) is -2.63. The highest BCUT2D eigenvalue weighted by Crippen LogP contribution is 2.23. The van der Waals surface area contributed by atoms with E-state index in [1.54, 1.807) is 12.1 Å². The van der Waals surface area contributed by atoms with Gasteiger partial charge >= 0.3 is 0 Å². The minimum absolute atomic E-state index is 0.0180. The highest BCUT2D eigenvalue weighted by atomic mass is 32.2. The normalized spacial score (nSPS) is 29.7. The van der Waals surface area contributed by atoms with Gasteiger partial charge in [0.05, 0.1) is 11.5 Å². The second-order valence-electron chi connectivity index (χ2n) is 4.81. The topological polar surface area (TPSA) is 102 Å². The molecular formula is C13H18O7S. The fourth-order valence-electron chi connectivity index (χ4n) is 1.98. The van der Waals surface area contributed by atoms with Crippen LogP contribution in [0.5, 0.6) is 0 Å². The maximum Gasteiger partial charge on any atom is 0.297 e. The van der Waals surface area contributed by atoms with Crippen LogP contribution in [0.1, 0.15) is 5.56 Å². The summed E-state index contributed by atoms with van der Waals surface area (Å²) in [6.07, 6.45) is -4.50. The molecule has 4 atom stereocenters. The van der Waals surface area contributed by atoms with Gasteiger partial charge in [0.15, 0.2) is 6.29 Å². The van der Waals surface area contributed by atoms with Crippen LogP contribution in [0.15, 0.2) is 29.2 Å². The first-order valence-electron chi connectivity index (χ1n) is 6.35. The van der Waals surface area contributed by atoms with Crippen LogP contribution in [0.4, 0.5) is 0 Å². The second-order valence-corrected chi connectivity index (χ2v) is 6.43. The van der Waals surface area contributed by atoms with E-state index in [-0.39, 0.29) is 4.90 Å². The number of methoxy groups -OCH3 is 1. The Morgan fingerprint density at radius 1 is 1.19 bits per heavy atom. The first kappa shape index (κ1) is 16.3. The summed E-state index contributed by atoms with van der Waals surface area (Å²) in [6.45, 7) is 1.43. The number of hydrogen-bond acceptors (Lipinski definition) is 7. The average molecular weight is 318 g/mol. The van der Waals surface area contributed by atoms with Crippen LogP contribution >= 0.6 is 0 Å². The van der Waals surface area contributed by atoms with Crippen molar-refractivity contribution in [1.82, 2.24) is 0 Å². The summed E-state index contributed by atoms with van der Waals surface area (Å²) in [6, 6.07) is 6.18. The molecule has 1 aromatic rings. The molecule has 0 saturated carbocycles. The molecular weight excluding hydrogens is 300 g/mol. The van der Waals surface area contributed by atoms with E-state index < -0.39 is 41.3 Å². The third-order valence-electron chi connectivity index (χ3n) is 3.25. The van der Waals surface area contributed by atoms with E-state index in [2.05, 4.69) is 0 Å². The van der Waals surface area contributed by atoms with Crippen molar-refractivity contribution < 1.29 is 32.3 Å². The number of aliphatic hydroxyl groups is 2. The van der Waals surface area contributed by atoms with Gasteiger partial charge in [-0.3, -0.25) is 4.18 Å². The Kier molecular flexibility index (Phi) is 4.97. The van der Waals surface area contributed by atoms with E-state index in [0.717, 1.165) is 5.56 Å². The summed E-state index contributed by atoms with van der Waals surface area (Å²) < 4.78 is 38.8. The number of rotatable bonds is 5. The fourth-order valence-corrected chi connectivity index (χ4v) is 2.90. The van der Waals surface area contributed by atoms with Crippen LogP contribution in [0.3, 0.4) is 0 Å². The lowest BCUT2D eigenvalue weighted by atomic mass is 10.1.